The van der Waals surface area contributed by atoms with Crippen LogP contribution in [0.3, 0.4) is 0 Å². The number of carbonyl (C=O) groups is 1. The Labute approximate surface area is 184 Å². The van der Waals surface area contributed by atoms with Crippen molar-refractivity contribution in [2.24, 2.45) is 7.05 Å². The topological polar surface area (TPSA) is 89.4 Å². The van der Waals surface area contributed by atoms with Crippen molar-refractivity contribution in [1.82, 2.24) is 19.7 Å². The van der Waals surface area contributed by atoms with E-state index in [1.165, 1.54) is 0 Å². The summed E-state index contributed by atoms with van der Waals surface area (Å²) in [5.41, 5.74) is 3.19. The van der Waals surface area contributed by atoms with Gasteiger partial charge in [0.1, 0.15) is 6.61 Å². The molecule has 2 aromatic carbocycles. The van der Waals surface area contributed by atoms with Crippen LogP contribution in [0.2, 0.25) is 0 Å². The summed E-state index contributed by atoms with van der Waals surface area (Å²) < 4.78 is 6.89. The van der Waals surface area contributed by atoms with E-state index in [4.69, 9.17) is 4.74 Å². The minimum Gasteiger partial charge on any atom is -0.383 e. The Kier molecular flexibility index (Phi) is 5.28. The molecule has 0 atom stereocenters. The molecule has 1 N–H and O–H groups in total. The Bertz CT molecular complexity index is 1380. The molecule has 0 spiro atoms. The third-order valence-corrected chi connectivity index (χ3v) is 5.71. The number of anilines is 1. The molecule has 0 saturated carbocycles. The van der Waals surface area contributed by atoms with Crippen molar-refractivity contribution in [3.8, 4) is 11.1 Å². The van der Waals surface area contributed by atoms with Crippen molar-refractivity contribution in [1.29, 1.82) is 0 Å². The van der Waals surface area contributed by atoms with E-state index in [1.807, 2.05) is 49.6 Å². The molecule has 1 aliphatic rings. The summed E-state index contributed by atoms with van der Waals surface area (Å²) in [5, 5.41) is 9.58. The molecule has 32 heavy (non-hydrogen) atoms. The van der Waals surface area contributed by atoms with E-state index in [9.17, 15) is 9.59 Å². The number of hydrogen-bond acceptors (Lipinski definition) is 6. The molecule has 1 saturated heterocycles. The summed E-state index contributed by atoms with van der Waals surface area (Å²) in [4.78, 5) is 31.6. The number of benzene rings is 1. The van der Waals surface area contributed by atoms with Crippen LogP contribution < -0.4 is 10.7 Å². The summed E-state index contributed by atoms with van der Waals surface area (Å²) in [5.74, 6) is 0.00817. The normalized spacial score (nSPS) is 14.3. The van der Waals surface area contributed by atoms with Crippen molar-refractivity contribution in [3.63, 3.8) is 0 Å². The average Bonchev–Trinajstić information content (AvgIpc) is 3.19. The van der Waals surface area contributed by atoms with E-state index in [0.29, 0.717) is 42.5 Å². The van der Waals surface area contributed by atoms with Gasteiger partial charge in [-0.2, -0.15) is 5.10 Å². The number of fused-ring (bicyclic) bond motifs is 2. The van der Waals surface area contributed by atoms with E-state index >= 15 is 0 Å². The summed E-state index contributed by atoms with van der Waals surface area (Å²) in [6.45, 7) is 2.51. The zero-order valence-electron chi connectivity index (χ0n) is 17.7. The molecular weight excluding hydrogens is 406 g/mol. The highest BCUT2D eigenvalue weighted by atomic mass is 16.5. The van der Waals surface area contributed by atoms with Gasteiger partial charge in [0.25, 0.3) is 0 Å². The molecule has 0 aliphatic carbocycles. The molecule has 0 bridgehead atoms. The molecule has 0 radical (unpaired) electrons. The monoisotopic (exact) mass is 429 g/mol. The molecule has 3 heterocycles. The van der Waals surface area contributed by atoms with Crippen molar-refractivity contribution < 1.29 is 9.53 Å². The number of carbonyl (C=O) groups excluding carboxylic acids is 1. The van der Waals surface area contributed by atoms with Crippen molar-refractivity contribution in [2.75, 3.05) is 38.2 Å². The van der Waals surface area contributed by atoms with Crippen molar-refractivity contribution in [2.45, 2.75) is 0 Å². The summed E-state index contributed by atoms with van der Waals surface area (Å²) >= 11 is 0. The van der Waals surface area contributed by atoms with Crippen LogP contribution in [-0.2, 0) is 16.6 Å². The second-order valence-corrected chi connectivity index (χ2v) is 7.88. The Morgan fingerprint density at radius 2 is 1.94 bits per heavy atom. The van der Waals surface area contributed by atoms with Gasteiger partial charge in [-0.05, 0) is 29.7 Å². The first-order valence-electron chi connectivity index (χ1n) is 10.5. The van der Waals surface area contributed by atoms with Gasteiger partial charge in [-0.25, -0.2) is 0 Å². The van der Waals surface area contributed by atoms with E-state index < -0.39 is 0 Å². The molecular formula is C24H23N5O3. The van der Waals surface area contributed by atoms with Crippen LogP contribution in [0.5, 0.6) is 0 Å². The molecule has 2 aromatic heterocycles. The maximum absolute atomic E-state index is 13.4. The van der Waals surface area contributed by atoms with Gasteiger partial charge >= 0.3 is 0 Å². The lowest BCUT2D eigenvalue weighted by Gasteiger charge is -2.26. The van der Waals surface area contributed by atoms with Crippen LogP contribution in [0.1, 0.15) is 0 Å². The zero-order chi connectivity index (χ0) is 22.1. The van der Waals surface area contributed by atoms with Crippen LogP contribution in [0.15, 0.2) is 59.8 Å². The number of aryl methyl sites for hydroxylation is 1. The van der Waals surface area contributed by atoms with Gasteiger partial charge in [0.2, 0.25) is 5.91 Å². The summed E-state index contributed by atoms with van der Waals surface area (Å²) in [6, 6.07) is 11.4. The maximum atomic E-state index is 13.4. The predicted molar refractivity (Wildman–Crippen MR) is 124 cm³/mol. The lowest BCUT2D eigenvalue weighted by molar-refractivity contribution is -0.142. The molecule has 5 rings (SSSR count). The fraction of sp³-hybridized carbons (Fsp3) is 0.250. The number of rotatable bonds is 5. The third-order valence-electron chi connectivity index (χ3n) is 5.71. The first-order chi connectivity index (χ1) is 15.6. The Morgan fingerprint density at radius 1 is 1.06 bits per heavy atom. The lowest BCUT2D eigenvalue weighted by atomic mass is 10.1. The van der Waals surface area contributed by atoms with Gasteiger partial charge < -0.3 is 15.0 Å². The Morgan fingerprint density at radius 3 is 2.75 bits per heavy atom. The van der Waals surface area contributed by atoms with Crippen LogP contribution >= 0.6 is 0 Å². The van der Waals surface area contributed by atoms with Gasteiger partial charge in [0.05, 0.1) is 18.3 Å². The van der Waals surface area contributed by atoms with Gasteiger partial charge in [-0.3, -0.25) is 19.3 Å². The van der Waals surface area contributed by atoms with E-state index in [1.54, 1.807) is 22.0 Å². The zero-order valence-corrected chi connectivity index (χ0v) is 17.7. The SMILES string of the molecule is Cn1cc(-c2cnc3ccc4ccc(NCCN5CCOCC5=O)cc4c(=O)c3c2)cn1. The van der Waals surface area contributed by atoms with Gasteiger partial charge in [-0.15, -0.1) is 0 Å². The Hall–Kier alpha value is -3.78. The van der Waals surface area contributed by atoms with Gasteiger partial charge in [0.15, 0.2) is 5.43 Å². The highest BCUT2D eigenvalue weighted by Gasteiger charge is 2.17. The highest BCUT2D eigenvalue weighted by molar-refractivity contribution is 5.94. The molecule has 162 valence electrons. The summed E-state index contributed by atoms with van der Waals surface area (Å²) in [6.07, 6.45) is 5.43. The Balaban J connectivity index is 1.47. The van der Waals surface area contributed by atoms with E-state index in [-0.39, 0.29) is 17.9 Å². The van der Waals surface area contributed by atoms with Crippen molar-refractivity contribution in [3.05, 3.63) is 65.2 Å². The quantitative estimate of drug-likeness (QED) is 0.524. The molecule has 0 unspecified atom stereocenters. The maximum Gasteiger partial charge on any atom is 0.248 e. The predicted octanol–water partition coefficient (Wildman–Crippen LogP) is 2.42. The second-order valence-electron chi connectivity index (χ2n) is 7.88. The summed E-state index contributed by atoms with van der Waals surface area (Å²) in [7, 11) is 1.86. The standard InChI is InChI=1S/C24H23N5O3/c1-28-14-18(13-27-28)17-10-21-22(26-12-17)5-3-16-2-4-19(11-20(16)24(21)31)25-6-7-29-8-9-32-15-23(29)30/h2-5,10-14,25H,6-9,15H2,1H3. The van der Waals surface area contributed by atoms with Crippen molar-refractivity contribution >= 4 is 33.3 Å². The minimum absolute atomic E-state index is 0.00817. The van der Waals surface area contributed by atoms with Gasteiger partial charge in [-0.1, -0.05) is 12.1 Å². The number of amides is 1. The first kappa shape index (κ1) is 20.1. The van der Waals surface area contributed by atoms with Crippen LogP contribution in [0, 0.1) is 0 Å². The number of nitrogens with one attached hydrogen (secondary N) is 1. The molecule has 8 nitrogen and oxygen atoms in total. The number of morpholine rings is 1. The fourth-order valence-corrected chi connectivity index (χ4v) is 3.96. The molecule has 8 heteroatoms. The number of ether oxygens (including phenoxy) is 1. The molecule has 1 amide bonds. The molecule has 1 aliphatic heterocycles. The minimum atomic E-state index is -0.0646. The fourth-order valence-electron chi connectivity index (χ4n) is 3.96. The number of aromatic nitrogens is 3. The second kappa shape index (κ2) is 8.39. The molecule has 1 fully saturated rings. The number of nitrogens with zero attached hydrogens (tertiary/aromatic N) is 4. The largest absolute Gasteiger partial charge is 0.383 e. The third kappa shape index (κ3) is 3.92. The molecule has 4 aromatic rings. The number of pyridine rings is 1. The van der Waals surface area contributed by atoms with Crippen LogP contribution in [0.25, 0.3) is 32.8 Å². The van der Waals surface area contributed by atoms with Crippen LogP contribution in [0.4, 0.5) is 5.69 Å². The van der Waals surface area contributed by atoms with Crippen LogP contribution in [-0.4, -0.2) is 58.4 Å². The highest BCUT2D eigenvalue weighted by Crippen LogP contribution is 2.23. The first-order valence-corrected chi connectivity index (χ1v) is 10.5. The van der Waals surface area contributed by atoms with E-state index in [2.05, 4.69) is 15.4 Å². The van der Waals surface area contributed by atoms with E-state index in [0.717, 1.165) is 22.2 Å². The lowest BCUT2D eigenvalue weighted by Crippen LogP contribution is -2.43. The van der Waals surface area contributed by atoms with Gasteiger partial charge in [0, 0.05) is 66.7 Å². The average molecular weight is 429 g/mol. The number of hydrogen-bond donors (Lipinski definition) is 1. The smallest absolute Gasteiger partial charge is 0.248 e.